The number of esters is 1. The van der Waals surface area contributed by atoms with Gasteiger partial charge in [-0.15, -0.1) is 11.3 Å². The van der Waals surface area contributed by atoms with E-state index in [9.17, 15) is 14.4 Å². The molecule has 2 amide bonds. The number of ether oxygens (including phenoxy) is 2. The van der Waals surface area contributed by atoms with E-state index in [1.807, 2.05) is 36.4 Å². The van der Waals surface area contributed by atoms with Gasteiger partial charge in [0.25, 0.3) is 0 Å². The second-order valence-corrected chi connectivity index (χ2v) is 10.7. The molecule has 1 heterocycles. The van der Waals surface area contributed by atoms with Crippen LogP contribution in [-0.2, 0) is 33.8 Å². The summed E-state index contributed by atoms with van der Waals surface area (Å²) in [4.78, 5) is 38.8. The molecular formula is C32H31N3O5S. The van der Waals surface area contributed by atoms with Crippen molar-refractivity contribution in [1.29, 1.82) is 0 Å². The number of carbonyl (C=O) groups is 3. The first-order valence-corrected chi connectivity index (χ1v) is 14.5. The van der Waals surface area contributed by atoms with Gasteiger partial charge in [0.2, 0.25) is 0 Å². The van der Waals surface area contributed by atoms with Crippen molar-refractivity contribution in [2.24, 2.45) is 5.10 Å². The number of hydrazone groups is 1. The number of amides is 2. The second-order valence-electron chi connectivity index (χ2n) is 9.64. The lowest BCUT2D eigenvalue weighted by atomic mass is 10.1. The van der Waals surface area contributed by atoms with Crippen LogP contribution in [0.1, 0.15) is 58.1 Å². The Morgan fingerprint density at radius 3 is 2.54 bits per heavy atom. The highest BCUT2D eigenvalue weighted by Gasteiger charge is 2.27. The van der Waals surface area contributed by atoms with Gasteiger partial charge in [-0.3, -0.25) is 9.59 Å². The smallest absolute Gasteiger partial charge is 0.341 e. The topological polar surface area (TPSA) is 106 Å². The summed E-state index contributed by atoms with van der Waals surface area (Å²) in [6.45, 7) is 2.40. The number of carbonyl (C=O) groups excluding carboxylic acids is 3. The summed E-state index contributed by atoms with van der Waals surface area (Å²) in [7, 11) is 0. The minimum Gasteiger partial charge on any atom is -0.489 e. The number of nitrogens with zero attached hydrogens (tertiary/aromatic N) is 1. The highest BCUT2D eigenvalue weighted by molar-refractivity contribution is 7.17. The maximum absolute atomic E-state index is 12.7. The first kappa shape index (κ1) is 28.0. The summed E-state index contributed by atoms with van der Waals surface area (Å²) >= 11 is 1.34. The molecule has 1 aliphatic rings. The minimum atomic E-state index is -0.935. The number of aryl methyl sites for hydroxylation is 1. The lowest BCUT2D eigenvalue weighted by molar-refractivity contribution is -0.136. The molecule has 41 heavy (non-hydrogen) atoms. The Morgan fingerprint density at radius 2 is 1.71 bits per heavy atom. The van der Waals surface area contributed by atoms with Crippen molar-refractivity contribution in [3.8, 4) is 5.75 Å². The van der Waals surface area contributed by atoms with E-state index in [1.165, 1.54) is 22.9 Å². The first-order chi connectivity index (χ1) is 20.0. The number of nitrogens with one attached hydrogen (secondary N) is 2. The molecule has 9 heteroatoms. The quantitative estimate of drug-likeness (QED) is 0.0888. The second kappa shape index (κ2) is 13.2. The number of hydrogen-bond acceptors (Lipinski definition) is 7. The maximum atomic E-state index is 12.7. The number of benzene rings is 3. The number of rotatable bonds is 8. The van der Waals surface area contributed by atoms with Crippen molar-refractivity contribution in [3.05, 3.63) is 93.9 Å². The molecule has 0 radical (unpaired) electrons. The fourth-order valence-corrected chi connectivity index (χ4v) is 6.13. The number of thiophene rings is 1. The molecule has 5 rings (SSSR count). The Bertz CT molecular complexity index is 1590. The molecule has 0 spiro atoms. The number of hydrogen-bond donors (Lipinski definition) is 2. The molecule has 2 N–H and O–H groups in total. The van der Waals surface area contributed by atoms with E-state index < -0.39 is 17.8 Å². The highest BCUT2D eigenvalue weighted by atomic mass is 32.1. The summed E-state index contributed by atoms with van der Waals surface area (Å²) in [6.07, 6.45) is 6.11. The third-order valence-corrected chi connectivity index (χ3v) is 8.08. The van der Waals surface area contributed by atoms with E-state index in [2.05, 4.69) is 34.0 Å². The zero-order valence-electron chi connectivity index (χ0n) is 22.8. The number of fused-ring (bicyclic) bond motifs is 2. The van der Waals surface area contributed by atoms with Crippen LogP contribution >= 0.6 is 11.3 Å². The Hall–Kier alpha value is -4.50. The van der Waals surface area contributed by atoms with Gasteiger partial charge in [-0.05, 0) is 84.3 Å². The first-order valence-electron chi connectivity index (χ1n) is 13.7. The molecule has 0 saturated carbocycles. The Balaban J connectivity index is 1.17. The summed E-state index contributed by atoms with van der Waals surface area (Å²) in [5.74, 6) is -1.62. The molecule has 0 bridgehead atoms. The standard InChI is InChI=1S/C32H31N3O5S/c1-2-39-32(38)28-26-13-4-3-5-14-27(26)41-31(28)34-29(36)30(37)35-33-19-21-15-17-24(18-16-21)40-20-23-11-8-10-22-9-6-7-12-25(22)23/h6-12,15-19H,2-5,13-14,20H2,1H3,(H,34,36)(H,35,37)/b33-19+. The van der Waals surface area contributed by atoms with Crippen molar-refractivity contribution in [2.45, 2.75) is 45.6 Å². The van der Waals surface area contributed by atoms with Crippen LogP contribution in [-0.4, -0.2) is 30.6 Å². The van der Waals surface area contributed by atoms with E-state index >= 15 is 0 Å². The Labute approximate surface area is 242 Å². The molecule has 4 aromatic rings. The zero-order valence-corrected chi connectivity index (χ0v) is 23.6. The van der Waals surface area contributed by atoms with Crippen LogP contribution < -0.4 is 15.5 Å². The summed E-state index contributed by atoms with van der Waals surface area (Å²) in [5.41, 5.74) is 5.35. The lowest BCUT2D eigenvalue weighted by Gasteiger charge is -2.09. The van der Waals surface area contributed by atoms with Gasteiger partial charge in [-0.1, -0.05) is 48.9 Å². The van der Waals surface area contributed by atoms with Crippen LogP contribution in [0.3, 0.4) is 0 Å². The van der Waals surface area contributed by atoms with E-state index in [4.69, 9.17) is 9.47 Å². The van der Waals surface area contributed by atoms with Crippen LogP contribution in [0.4, 0.5) is 5.00 Å². The van der Waals surface area contributed by atoms with Gasteiger partial charge >= 0.3 is 17.8 Å². The van der Waals surface area contributed by atoms with Crippen LogP contribution in [0.25, 0.3) is 10.8 Å². The average Bonchev–Trinajstić information content (AvgIpc) is 3.16. The third kappa shape index (κ3) is 6.81. The SMILES string of the molecule is CCOC(=O)c1c(NC(=O)C(=O)N/N=C/c2ccc(OCc3cccc4ccccc34)cc2)sc2c1CCCCC2. The van der Waals surface area contributed by atoms with Gasteiger partial charge in [0.1, 0.15) is 17.4 Å². The fraction of sp³-hybridized carbons (Fsp3) is 0.250. The number of anilines is 1. The lowest BCUT2D eigenvalue weighted by Crippen LogP contribution is -2.32. The average molecular weight is 570 g/mol. The molecule has 0 fully saturated rings. The summed E-state index contributed by atoms with van der Waals surface area (Å²) < 4.78 is 11.2. The van der Waals surface area contributed by atoms with E-state index in [1.54, 1.807) is 19.1 Å². The Morgan fingerprint density at radius 1 is 0.927 bits per heavy atom. The van der Waals surface area contributed by atoms with Crippen molar-refractivity contribution >= 4 is 51.1 Å². The highest BCUT2D eigenvalue weighted by Crippen LogP contribution is 2.38. The van der Waals surface area contributed by atoms with Gasteiger partial charge in [-0.2, -0.15) is 5.10 Å². The predicted octanol–water partition coefficient (Wildman–Crippen LogP) is 6.01. The Kier molecular flexibility index (Phi) is 9.05. The minimum absolute atomic E-state index is 0.226. The van der Waals surface area contributed by atoms with E-state index in [-0.39, 0.29) is 6.61 Å². The van der Waals surface area contributed by atoms with Crippen LogP contribution in [0.15, 0.2) is 71.8 Å². The van der Waals surface area contributed by atoms with Crippen molar-refractivity contribution < 1.29 is 23.9 Å². The van der Waals surface area contributed by atoms with E-state index in [0.29, 0.717) is 22.9 Å². The van der Waals surface area contributed by atoms with Gasteiger partial charge in [0, 0.05) is 4.88 Å². The van der Waals surface area contributed by atoms with Gasteiger partial charge < -0.3 is 14.8 Å². The zero-order chi connectivity index (χ0) is 28.6. The molecule has 0 saturated heterocycles. The summed E-state index contributed by atoms with van der Waals surface area (Å²) in [6, 6.07) is 21.6. The van der Waals surface area contributed by atoms with Gasteiger partial charge in [0.15, 0.2) is 0 Å². The summed E-state index contributed by atoms with van der Waals surface area (Å²) in [5, 5.41) is 9.18. The maximum Gasteiger partial charge on any atom is 0.341 e. The molecule has 1 aromatic heterocycles. The monoisotopic (exact) mass is 569 g/mol. The van der Waals surface area contributed by atoms with Crippen molar-refractivity contribution in [1.82, 2.24) is 5.43 Å². The van der Waals surface area contributed by atoms with Gasteiger partial charge in [-0.25, -0.2) is 10.2 Å². The predicted molar refractivity (Wildman–Crippen MR) is 161 cm³/mol. The van der Waals surface area contributed by atoms with Crippen LogP contribution in [0.2, 0.25) is 0 Å². The molecule has 3 aromatic carbocycles. The molecule has 210 valence electrons. The molecule has 0 aliphatic heterocycles. The third-order valence-electron chi connectivity index (χ3n) is 6.87. The molecule has 8 nitrogen and oxygen atoms in total. The molecule has 0 atom stereocenters. The van der Waals surface area contributed by atoms with E-state index in [0.717, 1.165) is 59.1 Å². The fourth-order valence-electron chi connectivity index (χ4n) is 4.86. The van der Waals surface area contributed by atoms with Crippen LogP contribution in [0.5, 0.6) is 5.75 Å². The molecular weight excluding hydrogens is 538 g/mol. The van der Waals surface area contributed by atoms with Gasteiger partial charge in [0.05, 0.1) is 18.4 Å². The molecule has 0 unspecified atom stereocenters. The normalized spacial score (nSPS) is 12.9. The molecule has 1 aliphatic carbocycles. The van der Waals surface area contributed by atoms with Crippen molar-refractivity contribution in [2.75, 3.05) is 11.9 Å². The largest absolute Gasteiger partial charge is 0.489 e. The van der Waals surface area contributed by atoms with Crippen molar-refractivity contribution in [3.63, 3.8) is 0 Å². The van der Waals surface area contributed by atoms with Crippen LogP contribution in [0, 0.1) is 0 Å².